The first-order chi connectivity index (χ1) is 8.06. The van der Waals surface area contributed by atoms with Crippen molar-refractivity contribution >= 4 is 5.91 Å². The van der Waals surface area contributed by atoms with Crippen LogP contribution in [-0.2, 0) is 4.79 Å². The lowest BCUT2D eigenvalue weighted by Gasteiger charge is -2.30. The van der Waals surface area contributed by atoms with Crippen LogP contribution in [0, 0.1) is 5.92 Å². The Hall–Kier alpha value is -0.570. The van der Waals surface area contributed by atoms with Gasteiger partial charge in [0.2, 0.25) is 5.91 Å². The highest BCUT2D eigenvalue weighted by atomic mass is 16.2. The second-order valence-corrected chi connectivity index (χ2v) is 5.30. The Kier molecular flexibility index (Phi) is 5.44. The van der Waals surface area contributed by atoms with E-state index in [-0.39, 0.29) is 12.2 Å². The zero-order valence-corrected chi connectivity index (χ0v) is 12.0. The standard InChI is InChI=1S/C14H28N2O/c1-6-9-12(8-3)16-11(5)15-13(14(16)17)10(4)7-2/h10-13,15H,6-9H2,1-5H3. The summed E-state index contributed by atoms with van der Waals surface area (Å²) in [7, 11) is 0. The highest BCUT2D eigenvalue weighted by Crippen LogP contribution is 2.24. The van der Waals surface area contributed by atoms with Gasteiger partial charge in [-0.3, -0.25) is 10.1 Å². The van der Waals surface area contributed by atoms with E-state index in [2.05, 4.69) is 44.8 Å². The number of nitrogens with one attached hydrogen (secondary N) is 1. The van der Waals surface area contributed by atoms with Crippen LogP contribution in [0.4, 0.5) is 0 Å². The third-order valence-electron chi connectivity index (χ3n) is 4.06. The molecule has 3 nitrogen and oxygen atoms in total. The summed E-state index contributed by atoms with van der Waals surface area (Å²) < 4.78 is 0. The van der Waals surface area contributed by atoms with Crippen molar-refractivity contribution in [1.29, 1.82) is 0 Å². The molecule has 3 heteroatoms. The lowest BCUT2D eigenvalue weighted by Crippen LogP contribution is -2.42. The van der Waals surface area contributed by atoms with Crippen molar-refractivity contribution in [2.75, 3.05) is 0 Å². The van der Waals surface area contributed by atoms with Crippen molar-refractivity contribution in [3.8, 4) is 0 Å². The molecular formula is C14H28N2O. The number of hydrogen-bond donors (Lipinski definition) is 1. The van der Waals surface area contributed by atoms with E-state index in [1.807, 2.05) is 0 Å². The molecule has 4 atom stereocenters. The normalized spacial score (nSPS) is 28.5. The molecule has 0 aromatic heterocycles. The monoisotopic (exact) mass is 240 g/mol. The van der Waals surface area contributed by atoms with Crippen LogP contribution < -0.4 is 5.32 Å². The van der Waals surface area contributed by atoms with Gasteiger partial charge in [0, 0.05) is 6.04 Å². The Morgan fingerprint density at radius 3 is 2.41 bits per heavy atom. The van der Waals surface area contributed by atoms with Crippen LogP contribution in [0.1, 0.15) is 60.3 Å². The third kappa shape index (κ3) is 3.01. The van der Waals surface area contributed by atoms with Crippen LogP contribution in [0.3, 0.4) is 0 Å². The number of hydrogen-bond acceptors (Lipinski definition) is 2. The van der Waals surface area contributed by atoms with Gasteiger partial charge in [0.25, 0.3) is 0 Å². The van der Waals surface area contributed by atoms with Gasteiger partial charge in [0.05, 0.1) is 12.2 Å². The molecule has 4 unspecified atom stereocenters. The summed E-state index contributed by atoms with van der Waals surface area (Å²) in [6, 6.07) is 0.435. The quantitative estimate of drug-likeness (QED) is 0.774. The molecule has 1 amide bonds. The van der Waals surface area contributed by atoms with E-state index >= 15 is 0 Å². The van der Waals surface area contributed by atoms with E-state index in [4.69, 9.17) is 0 Å². The molecule has 1 heterocycles. The van der Waals surface area contributed by atoms with Crippen LogP contribution in [0.5, 0.6) is 0 Å². The lowest BCUT2D eigenvalue weighted by atomic mass is 9.98. The number of amides is 1. The summed E-state index contributed by atoms with van der Waals surface area (Å²) >= 11 is 0. The van der Waals surface area contributed by atoms with Gasteiger partial charge in [-0.05, 0) is 25.7 Å². The Morgan fingerprint density at radius 2 is 1.94 bits per heavy atom. The largest absolute Gasteiger partial charge is 0.323 e. The lowest BCUT2D eigenvalue weighted by molar-refractivity contribution is -0.133. The van der Waals surface area contributed by atoms with Crippen molar-refractivity contribution in [1.82, 2.24) is 10.2 Å². The minimum Gasteiger partial charge on any atom is -0.323 e. The van der Waals surface area contributed by atoms with E-state index < -0.39 is 0 Å². The first-order valence-electron chi connectivity index (χ1n) is 7.14. The van der Waals surface area contributed by atoms with Gasteiger partial charge >= 0.3 is 0 Å². The second kappa shape index (κ2) is 6.39. The Bertz CT molecular complexity index is 255. The van der Waals surface area contributed by atoms with Crippen molar-refractivity contribution in [3.63, 3.8) is 0 Å². The summed E-state index contributed by atoms with van der Waals surface area (Å²) in [6.45, 7) is 10.8. The predicted molar refractivity (Wildman–Crippen MR) is 71.7 cm³/mol. The average molecular weight is 240 g/mol. The molecule has 0 bridgehead atoms. The zero-order chi connectivity index (χ0) is 13.0. The number of nitrogens with zero attached hydrogens (tertiary/aromatic N) is 1. The summed E-state index contributed by atoms with van der Waals surface area (Å²) in [5.41, 5.74) is 0. The second-order valence-electron chi connectivity index (χ2n) is 5.30. The SMILES string of the molecule is CCCC(CC)N1C(=O)C(C(C)CC)NC1C. The Balaban J connectivity index is 2.76. The van der Waals surface area contributed by atoms with Gasteiger partial charge in [-0.2, -0.15) is 0 Å². The summed E-state index contributed by atoms with van der Waals surface area (Å²) in [5, 5.41) is 3.45. The molecule has 1 N–H and O–H groups in total. The van der Waals surface area contributed by atoms with E-state index in [1.54, 1.807) is 0 Å². The minimum atomic E-state index is 0.0286. The van der Waals surface area contributed by atoms with Crippen LogP contribution in [0.15, 0.2) is 0 Å². The molecule has 0 saturated carbocycles. The zero-order valence-electron chi connectivity index (χ0n) is 12.0. The average Bonchev–Trinajstić information content (AvgIpc) is 2.61. The maximum absolute atomic E-state index is 12.5. The molecule has 1 aliphatic heterocycles. The third-order valence-corrected chi connectivity index (χ3v) is 4.06. The molecule has 1 saturated heterocycles. The van der Waals surface area contributed by atoms with E-state index in [1.165, 1.54) is 0 Å². The van der Waals surface area contributed by atoms with Crippen LogP contribution in [0.2, 0.25) is 0 Å². The molecule has 1 aliphatic rings. The Labute approximate surface area is 106 Å². The van der Waals surface area contributed by atoms with Crippen LogP contribution in [0.25, 0.3) is 0 Å². The molecule has 1 fully saturated rings. The minimum absolute atomic E-state index is 0.0286. The first-order valence-corrected chi connectivity index (χ1v) is 7.14. The van der Waals surface area contributed by atoms with E-state index in [0.717, 1.165) is 25.7 Å². The van der Waals surface area contributed by atoms with Gasteiger partial charge in [0.15, 0.2) is 0 Å². The van der Waals surface area contributed by atoms with Gasteiger partial charge in [-0.15, -0.1) is 0 Å². The van der Waals surface area contributed by atoms with E-state index in [9.17, 15) is 4.79 Å². The first kappa shape index (κ1) is 14.5. The molecule has 0 aliphatic carbocycles. The predicted octanol–water partition coefficient (Wildman–Crippen LogP) is 2.76. The fraction of sp³-hybridized carbons (Fsp3) is 0.929. The maximum atomic E-state index is 12.5. The van der Waals surface area contributed by atoms with Crippen molar-refractivity contribution in [2.45, 2.75) is 78.6 Å². The highest BCUT2D eigenvalue weighted by Gasteiger charge is 2.41. The molecule has 0 aromatic carbocycles. The van der Waals surface area contributed by atoms with Crippen LogP contribution >= 0.6 is 0 Å². The van der Waals surface area contributed by atoms with Gasteiger partial charge < -0.3 is 4.90 Å². The molecule has 100 valence electrons. The number of carbonyl (C=O) groups is 1. The summed E-state index contributed by atoms with van der Waals surface area (Å²) in [6.07, 6.45) is 4.55. The number of rotatable bonds is 6. The fourth-order valence-electron chi connectivity index (χ4n) is 2.78. The molecular weight excluding hydrogens is 212 g/mol. The molecule has 0 spiro atoms. The Morgan fingerprint density at radius 1 is 1.29 bits per heavy atom. The topological polar surface area (TPSA) is 32.3 Å². The van der Waals surface area contributed by atoms with Gasteiger partial charge in [-0.1, -0.05) is 40.5 Å². The molecule has 0 aromatic rings. The summed E-state index contributed by atoms with van der Waals surface area (Å²) in [5.74, 6) is 0.737. The summed E-state index contributed by atoms with van der Waals surface area (Å²) in [4.78, 5) is 14.5. The van der Waals surface area contributed by atoms with Crippen molar-refractivity contribution in [3.05, 3.63) is 0 Å². The molecule has 17 heavy (non-hydrogen) atoms. The van der Waals surface area contributed by atoms with Crippen molar-refractivity contribution < 1.29 is 4.79 Å². The van der Waals surface area contributed by atoms with E-state index in [0.29, 0.717) is 17.9 Å². The van der Waals surface area contributed by atoms with Gasteiger partial charge in [0.1, 0.15) is 0 Å². The molecule has 0 radical (unpaired) electrons. The van der Waals surface area contributed by atoms with Crippen LogP contribution in [-0.4, -0.2) is 29.1 Å². The fourth-order valence-corrected chi connectivity index (χ4v) is 2.78. The maximum Gasteiger partial charge on any atom is 0.241 e. The van der Waals surface area contributed by atoms with Gasteiger partial charge in [-0.25, -0.2) is 0 Å². The van der Waals surface area contributed by atoms with Crippen molar-refractivity contribution in [2.24, 2.45) is 5.92 Å². The number of carbonyl (C=O) groups excluding carboxylic acids is 1. The highest BCUT2D eigenvalue weighted by molar-refractivity contribution is 5.84. The molecule has 1 rings (SSSR count). The smallest absolute Gasteiger partial charge is 0.241 e.